The topological polar surface area (TPSA) is 57.6 Å². The summed E-state index contributed by atoms with van der Waals surface area (Å²) in [5.41, 5.74) is 2.33. The van der Waals surface area contributed by atoms with E-state index in [0.717, 1.165) is 42.4 Å². The number of fused-ring (bicyclic) bond motifs is 1. The summed E-state index contributed by atoms with van der Waals surface area (Å²) in [7, 11) is 1.65. The molecular weight excluding hydrogens is 372 g/mol. The zero-order chi connectivity index (χ0) is 19.7. The van der Waals surface area contributed by atoms with Gasteiger partial charge in [0.15, 0.2) is 5.11 Å². The molecule has 2 amide bonds. The van der Waals surface area contributed by atoms with Crippen molar-refractivity contribution in [1.29, 1.82) is 0 Å². The van der Waals surface area contributed by atoms with Crippen molar-refractivity contribution in [3.8, 4) is 0 Å². The number of nitrogens with zero attached hydrogens (tertiary/aromatic N) is 3. The van der Waals surface area contributed by atoms with Gasteiger partial charge in [-0.2, -0.15) is 0 Å². The lowest BCUT2D eigenvalue weighted by atomic mass is 10.1. The van der Waals surface area contributed by atoms with E-state index in [1.807, 2.05) is 46.0 Å². The molecule has 1 aromatic carbocycles. The molecule has 3 heterocycles. The molecule has 1 aromatic heterocycles. The molecule has 0 bridgehead atoms. The second-order valence-electron chi connectivity index (χ2n) is 7.38. The van der Waals surface area contributed by atoms with Crippen LogP contribution in [-0.2, 0) is 16.1 Å². The van der Waals surface area contributed by atoms with E-state index in [2.05, 4.69) is 5.32 Å². The largest absolute Gasteiger partial charge is 0.341 e. The van der Waals surface area contributed by atoms with Crippen LogP contribution in [0.5, 0.6) is 0 Å². The van der Waals surface area contributed by atoms with E-state index in [-0.39, 0.29) is 11.8 Å². The Hall–Kier alpha value is -2.67. The summed E-state index contributed by atoms with van der Waals surface area (Å²) in [6, 6.07) is 7.95. The number of rotatable bonds is 3. The summed E-state index contributed by atoms with van der Waals surface area (Å²) in [6.07, 6.45) is 8.32. The minimum Gasteiger partial charge on any atom is -0.341 e. The number of likely N-dealkylation sites (tertiary alicyclic amines) is 1. The number of amides is 2. The molecule has 0 unspecified atom stereocenters. The fourth-order valence-electron chi connectivity index (χ4n) is 3.87. The summed E-state index contributed by atoms with van der Waals surface area (Å²) < 4.78 is 1.98. The van der Waals surface area contributed by atoms with Crippen molar-refractivity contribution in [2.75, 3.05) is 20.1 Å². The molecule has 0 saturated carbocycles. The van der Waals surface area contributed by atoms with Gasteiger partial charge >= 0.3 is 0 Å². The van der Waals surface area contributed by atoms with Crippen molar-refractivity contribution >= 4 is 46.1 Å². The SMILES string of the molecule is CN1C(=O)/C(=C/c2cn(CC(=O)N3CCCCCC3)c3ccccc23)NC1=S. The van der Waals surface area contributed by atoms with E-state index >= 15 is 0 Å². The lowest BCUT2D eigenvalue weighted by Gasteiger charge is -2.20. The lowest BCUT2D eigenvalue weighted by molar-refractivity contribution is -0.131. The smallest absolute Gasteiger partial charge is 0.276 e. The quantitative estimate of drug-likeness (QED) is 0.640. The third kappa shape index (κ3) is 3.54. The van der Waals surface area contributed by atoms with Crippen LogP contribution in [0, 0.1) is 0 Å². The average Bonchev–Trinajstić information content (AvgIpc) is 3.01. The molecule has 6 nitrogen and oxygen atoms in total. The highest BCUT2D eigenvalue weighted by atomic mass is 32.1. The van der Waals surface area contributed by atoms with Gasteiger partial charge in [0, 0.05) is 42.8 Å². The van der Waals surface area contributed by atoms with E-state index in [4.69, 9.17) is 12.2 Å². The Bertz CT molecular complexity index is 970. The molecular formula is C21H24N4O2S. The second kappa shape index (κ2) is 7.75. The number of carbonyl (C=O) groups excluding carboxylic acids is 2. The van der Waals surface area contributed by atoms with Gasteiger partial charge in [-0.15, -0.1) is 0 Å². The maximum atomic E-state index is 12.9. The summed E-state index contributed by atoms with van der Waals surface area (Å²) in [5, 5.41) is 4.37. The van der Waals surface area contributed by atoms with Gasteiger partial charge in [0.25, 0.3) is 5.91 Å². The first kappa shape index (κ1) is 18.7. The van der Waals surface area contributed by atoms with E-state index in [1.165, 1.54) is 17.7 Å². The highest BCUT2D eigenvalue weighted by Gasteiger charge is 2.27. The van der Waals surface area contributed by atoms with Crippen molar-refractivity contribution in [3.63, 3.8) is 0 Å². The summed E-state index contributed by atoms with van der Waals surface area (Å²) >= 11 is 5.15. The fourth-order valence-corrected chi connectivity index (χ4v) is 4.06. The van der Waals surface area contributed by atoms with Gasteiger partial charge in [0.05, 0.1) is 0 Å². The minimum absolute atomic E-state index is 0.150. The number of carbonyl (C=O) groups is 2. The Morgan fingerprint density at radius 1 is 1.18 bits per heavy atom. The molecule has 2 saturated heterocycles. The molecule has 4 rings (SSSR count). The first-order chi connectivity index (χ1) is 13.5. The number of para-hydroxylation sites is 1. The molecule has 2 aliphatic rings. The van der Waals surface area contributed by atoms with E-state index < -0.39 is 0 Å². The van der Waals surface area contributed by atoms with E-state index in [0.29, 0.717) is 17.4 Å². The van der Waals surface area contributed by atoms with Gasteiger partial charge in [-0.05, 0) is 37.2 Å². The van der Waals surface area contributed by atoms with E-state index in [1.54, 1.807) is 7.05 Å². The molecule has 0 atom stereocenters. The Kier molecular flexibility index (Phi) is 5.17. The zero-order valence-electron chi connectivity index (χ0n) is 16.0. The molecule has 0 radical (unpaired) electrons. The zero-order valence-corrected chi connectivity index (χ0v) is 16.8. The first-order valence-electron chi connectivity index (χ1n) is 9.71. The van der Waals surface area contributed by atoms with Crippen LogP contribution in [0.1, 0.15) is 31.2 Å². The van der Waals surface area contributed by atoms with Crippen LogP contribution in [0.4, 0.5) is 0 Å². The molecule has 146 valence electrons. The van der Waals surface area contributed by atoms with Crippen LogP contribution in [0.15, 0.2) is 36.2 Å². The Morgan fingerprint density at radius 3 is 2.57 bits per heavy atom. The monoisotopic (exact) mass is 396 g/mol. The Morgan fingerprint density at radius 2 is 1.89 bits per heavy atom. The van der Waals surface area contributed by atoms with Crippen molar-refractivity contribution in [3.05, 3.63) is 41.7 Å². The van der Waals surface area contributed by atoms with Gasteiger partial charge in [-0.1, -0.05) is 31.0 Å². The molecule has 0 spiro atoms. The summed E-state index contributed by atoms with van der Waals surface area (Å²) in [6.45, 7) is 2.00. The van der Waals surface area contributed by atoms with Crippen LogP contribution in [0.2, 0.25) is 0 Å². The average molecular weight is 397 g/mol. The number of benzene rings is 1. The lowest BCUT2D eigenvalue weighted by Crippen LogP contribution is -2.34. The van der Waals surface area contributed by atoms with Crippen LogP contribution in [0.25, 0.3) is 17.0 Å². The van der Waals surface area contributed by atoms with Gasteiger partial charge in [0.1, 0.15) is 12.2 Å². The Labute approximate surface area is 169 Å². The predicted molar refractivity (Wildman–Crippen MR) is 113 cm³/mol. The van der Waals surface area contributed by atoms with Crippen LogP contribution in [-0.4, -0.2) is 51.4 Å². The summed E-state index contributed by atoms with van der Waals surface area (Å²) in [4.78, 5) is 28.6. The van der Waals surface area contributed by atoms with Crippen molar-refractivity contribution in [2.24, 2.45) is 0 Å². The van der Waals surface area contributed by atoms with Crippen LogP contribution in [0.3, 0.4) is 0 Å². The molecule has 1 N–H and O–H groups in total. The van der Waals surface area contributed by atoms with Gasteiger partial charge in [0.2, 0.25) is 5.91 Å². The normalized spacial score (nSPS) is 19.4. The summed E-state index contributed by atoms with van der Waals surface area (Å²) in [5.74, 6) is 0.000286. The highest BCUT2D eigenvalue weighted by molar-refractivity contribution is 7.80. The first-order valence-corrected chi connectivity index (χ1v) is 10.1. The minimum atomic E-state index is -0.150. The van der Waals surface area contributed by atoms with Gasteiger partial charge < -0.3 is 14.8 Å². The standard InChI is InChI=1S/C21H24N4O2S/c1-23-20(27)17(22-21(23)28)12-15-13-25(18-9-5-4-8-16(15)18)14-19(26)24-10-6-2-3-7-11-24/h4-5,8-9,12-13H,2-3,6-7,10-11,14H2,1H3,(H,22,28)/b17-12-. The maximum Gasteiger partial charge on any atom is 0.276 e. The van der Waals surface area contributed by atoms with E-state index in [9.17, 15) is 9.59 Å². The van der Waals surface area contributed by atoms with Crippen LogP contribution >= 0.6 is 12.2 Å². The molecule has 2 aromatic rings. The number of thiocarbonyl (C=S) groups is 1. The third-order valence-corrected chi connectivity index (χ3v) is 5.84. The van der Waals surface area contributed by atoms with Crippen LogP contribution < -0.4 is 5.32 Å². The number of hydrogen-bond acceptors (Lipinski definition) is 3. The maximum absolute atomic E-state index is 12.9. The van der Waals surface area contributed by atoms with Crippen molar-refractivity contribution < 1.29 is 9.59 Å². The second-order valence-corrected chi connectivity index (χ2v) is 7.76. The number of aromatic nitrogens is 1. The molecule has 2 aliphatic heterocycles. The molecule has 28 heavy (non-hydrogen) atoms. The fraction of sp³-hybridized carbons (Fsp3) is 0.381. The number of likely N-dealkylation sites (N-methyl/N-ethyl adjacent to an activating group) is 1. The Balaban J connectivity index is 1.64. The third-order valence-electron chi connectivity index (χ3n) is 5.46. The molecule has 0 aliphatic carbocycles. The molecule has 7 heteroatoms. The van der Waals surface area contributed by atoms with Gasteiger partial charge in [-0.25, -0.2) is 0 Å². The van der Waals surface area contributed by atoms with Crippen molar-refractivity contribution in [2.45, 2.75) is 32.2 Å². The predicted octanol–water partition coefficient (Wildman–Crippen LogP) is 2.73. The van der Waals surface area contributed by atoms with Gasteiger partial charge in [-0.3, -0.25) is 14.5 Å². The number of nitrogens with one attached hydrogen (secondary N) is 1. The highest BCUT2D eigenvalue weighted by Crippen LogP contribution is 2.25. The molecule has 2 fully saturated rings. The van der Waals surface area contributed by atoms with Crippen molar-refractivity contribution in [1.82, 2.24) is 19.7 Å². The number of hydrogen-bond donors (Lipinski definition) is 1.